The summed E-state index contributed by atoms with van der Waals surface area (Å²) in [5.41, 5.74) is 0.838. The van der Waals surface area contributed by atoms with Gasteiger partial charge in [-0.3, -0.25) is 9.10 Å². The second-order valence-corrected chi connectivity index (χ2v) is 11.2. The normalized spacial score (nSPS) is 13.7. The maximum Gasteiger partial charge on any atom is 0.244 e. The molecule has 176 valence electrons. The highest BCUT2D eigenvalue weighted by Gasteiger charge is 2.32. The molecule has 2 aromatic rings. The summed E-state index contributed by atoms with van der Waals surface area (Å²) in [6.07, 6.45) is 2.12. The molecule has 0 aliphatic rings. The zero-order chi connectivity index (χ0) is 24.3. The molecule has 0 aromatic heterocycles. The molecule has 0 saturated heterocycles. The zero-order valence-corrected chi connectivity index (χ0v) is 20.5. The van der Waals surface area contributed by atoms with E-state index in [9.17, 15) is 21.6 Å². The standard InChI is InChI=1S/C21H28N2O7S2/c1-14(16-7-10-18(11-8-16)31(5,25)26)22-21(24)15(2)23(32(6,27)28)19-13-17(29-3)9-12-20(19)30-4/h7-15H,1-6H3,(H,22,24). The lowest BCUT2D eigenvalue weighted by Gasteiger charge is -2.30. The fourth-order valence-electron chi connectivity index (χ4n) is 3.17. The van der Waals surface area contributed by atoms with Crippen molar-refractivity contribution < 1.29 is 31.1 Å². The molecule has 0 spiro atoms. The minimum Gasteiger partial charge on any atom is -0.497 e. The number of amides is 1. The molecule has 32 heavy (non-hydrogen) atoms. The van der Waals surface area contributed by atoms with Crippen LogP contribution in [0.2, 0.25) is 0 Å². The second-order valence-electron chi connectivity index (χ2n) is 7.34. The number of sulfonamides is 1. The average Bonchev–Trinajstić information content (AvgIpc) is 2.72. The number of methoxy groups -OCH3 is 2. The molecule has 1 amide bonds. The number of carbonyl (C=O) groups is 1. The molecule has 2 aromatic carbocycles. The third-order valence-electron chi connectivity index (χ3n) is 4.88. The number of sulfone groups is 1. The monoisotopic (exact) mass is 484 g/mol. The first-order chi connectivity index (χ1) is 14.8. The minimum absolute atomic E-state index is 0.168. The molecule has 2 rings (SSSR count). The molecule has 0 saturated carbocycles. The first-order valence-corrected chi connectivity index (χ1v) is 13.4. The first kappa shape index (κ1) is 25.5. The lowest BCUT2D eigenvalue weighted by molar-refractivity contribution is -0.122. The first-order valence-electron chi connectivity index (χ1n) is 9.61. The van der Waals surface area contributed by atoms with Crippen molar-refractivity contribution >= 4 is 31.5 Å². The molecule has 2 atom stereocenters. The fraction of sp³-hybridized carbons (Fsp3) is 0.381. The summed E-state index contributed by atoms with van der Waals surface area (Å²) in [5.74, 6) is 0.127. The van der Waals surface area contributed by atoms with Crippen LogP contribution in [0.15, 0.2) is 47.4 Å². The van der Waals surface area contributed by atoms with Crippen LogP contribution in [-0.4, -0.2) is 55.5 Å². The third kappa shape index (κ3) is 5.92. The lowest BCUT2D eigenvalue weighted by atomic mass is 10.1. The Morgan fingerprint density at radius 1 is 0.938 bits per heavy atom. The number of nitrogens with one attached hydrogen (secondary N) is 1. The molecule has 0 bridgehead atoms. The fourth-order valence-corrected chi connectivity index (χ4v) is 4.97. The van der Waals surface area contributed by atoms with Gasteiger partial charge in [0, 0.05) is 12.3 Å². The van der Waals surface area contributed by atoms with Crippen LogP contribution in [0.4, 0.5) is 5.69 Å². The number of nitrogens with zero attached hydrogens (tertiary/aromatic N) is 1. The third-order valence-corrected chi connectivity index (χ3v) is 7.23. The van der Waals surface area contributed by atoms with Gasteiger partial charge in [-0.25, -0.2) is 16.8 Å². The smallest absolute Gasteiger partial charge is 0.244 e. The number of ether oxygens (including phenoxy) is 2. The molecular weight excluding hydrogens is 456 g/mol. The van der Waals surface area contributed by atoms with E-state index >= 15 is 0 Å². The maximum absolute atomic E-state index is 13.0. The van der Waals surface area contributed by atoms with Gasteiger partial charge in [-0.15, -0.1) is 0 Å². The summed E-state index contributed by atoms with van der Waals surface area (Å²) in [7, 11) is -4.36. The van der Waals surface area contributed by atoms with Gasteiger partial charge < -0.3 is 14.8 Å². The number of anilines is 1. The van der Waals surface area contributed by atoms with Gasteiger partial charge in [0.1, 0.15) is 17.5 Å². The van der Waals surface area contributed by atoms with E-state index in [2.05, 4.69) is 5.32 Å². The van der Waals surface area contributed by atoms with Crippen molar-refractivity contribution in [2.75, 3.05) is 31.0 Å². The molecule has 1 N–H and O–H groups in total. The molecule has 0 aliphatic carbocycles. The Bertz CT molecular complexity index is 1180. The quantitative estimate of drug-likeness (QED) is 0.579. The predicted octanol–water partition coefficient (Wildman–Crippen LogP) is 2.14. The summed E-state index contributed by atoms with van der Waals surface area (Å²) < 4.78 is 60.0. The van der Waals surface area contributed by atoms with Crippen LogP contribution in [0.1, 0.15) is 25.5 Å². The lowest BCUT2D eigenvalue weighted by Crippen LogP contribution is -2.48. The Morgan fingerprint density at radius 2 is 1.53 bits per heavy atom. The SMILES string of the molecule is COc1ccc(OC)c(N(C(C)C(=O)NC(C)c2ccc(S(C)(=O)=O)cc2)S(C)(=O)=O)c1. The van der Waals surface area contributed by atoms with Crippen molar-refractivity contribution in [1.82, 2.24) is 5.32 Å². The Hall–Kier alpha value is -2.79. The summed E-state index contributed by atoms with van der Waals surface area (Å²) in [6, 6.07) is 9.18. The molecule has 9 nitrogen and oxygen atoms in total. The number of hydrogen-bond donors (Lipinski definition) is 1. The van der Waals surface area contributed by atoms with Gasteiger partial charge in [-0.2, -0.15) is 0 Å². The Labute approximate surface area is 189 Å². The molecule has 11 heteroatoms. The zero-order valence-electron chi connectivity index (χ0n) is 18.8. The summed E-state index contributed by atoms with van der Waals surface area (Å²) >= 11 is 0. The summed E-state index contributed by atoms with van der Waals surface area (Å²) in [4.78, 5) is 13.2. The highest BCUT2D eigenvalue weighted by atomic mass is 32.2. The van der Waals surface area contributed by atoms with Gasteiger partial charge in [0.2, 0.25) is 15.9 Å². The van der Waals surface area contributed by atoms with Gasteiger partial charge in [0.25, 0.3) is 0 Å². The Kier molecular flexibility index (Phi) is 7.79. The maximum atomic E-state index is 13.0. The molecule has 0 fully saturated rings. The topological polar surface area (TPSA) is 119 Å². The van der Waals surface area contributed by atoms with Crippen molar-refractivity contribution in [3.63, 3.8) is 0 Å². The van der Waals surface area contributed by atoms with Crippen LogP contribution in [0.25, 0.3) is 0 Å². The van der Waals surface area contributed by atoms with Gasteiger partial charge in [-0.1, -0.05) is 12.1 Å². The molecule has 0 heterocycles. The van der Waals surface area contributed by atoms with E-state index in [0.29, 0.717) is 11.3 Å². The van der Waals surface area contributed by atoms with E-state index in [1.807, 2.05) is 0 Å². The van der Waals surface area contributed by atoms with Crippen molar-refractivity contribution in [2.45, 2.75) is 30.8 Å². The summed E-state index contributed by atoms with van der Waals surface area (Å²) in [6.45, 7) is 3.19. The van der Waals surface area contributed by atoms with Gasteiger partial charge in [0.15, 0.2) is 9.84 Å². The highest BCUT2D eigenvalue weighted by molar-refractivity contribution is 7.92. The Balaban J connectivity index is 2.33. The largest absolute Gasteiger partial charge is 0.497 e. The van der Waals surface area contributed by atoms with Crippen LogP contribution in [0.5, 0.6) is 11.5 Å². The molecule has 0 radical (unpaired) electrons. The van der Waals surface area contributed by atoms with Crippen molar-refractivity contribution in [3.8, 4) is 11.5 Å². The van der Waals surface area contributed by atoms with Crippen LogP contribution < -0.4 is 19.1 Å². The van der Waals surface area contributed by atoms with Crippen molar-refractivity contribution in [2.24, 2.45) is 0 Å². The van der Waals surface area contributed by atoms with Gasteiger partial charge >= 0.3 is 0 Å². The van der Waals surface area contributed by atoms with Crippen LogP contribution in [0, 0.1) is 0 Å². The van der Waals surface area contributed by atoms with Crippen LogP contribution in [0.3, 0.4) is 0 Å². The van der Waals surface area contributed by atoms with Crippen molar-refractivity contribution in [1.29, 1.82) is 0 Å². The number of hydrogen-bond acceptors (Lipinski definition) is 7. The molecular formula is C21H28N2O7S2. The summed E-state index contributed by atoms with van der Waals surface area (Å²) in [5, 5.41) is 2.78. The number of benzene rings is 2. The van der Waals surface area contributed by atoms with E-state index in [1.165, 1.54) is 39.3 Å². The predicted molar refractivity (Wildman–Crippen MR) is 122 cm³/mol. The Morgan fingerprint density at radius 3 is 2.00 bits per heavy atom. The van der Waals surface area contributed by atoms with E-state index < -0.39 is 37.9 Å². The van der Waals surface area contributed by atoms with Gasteiger partial charge in [-0.05, 0) is 43.7 Å². The molecule has 2 unspecified atom stereocenters. The minimum atomic E-state index is -3.87. The van der Waals surface area contributed by atoms with E-state index in [4.69, 9.17) is 9.47 Å². The van der Waals surface area contributed by atoms with E-state index in [0.717, 1.165) is 16.8 Å². The second kappa shape index (κ2) is 9.78. The average molecular weight is 485 g/mol. The number of carbonyl (C=O) groups excluding carboxylic acids is 1. The van der Waals surface area contributed by atoms with Crippen LogP contribution in [-0.2, 0) is 24.7 Å². The van der Waals surface area contributed by atoms with Crippen LogP contribution >= 0.6 is 0 Å². The molecule has 0 aliphatic heterocycles. The highest BCUT2D eigenvalue weighted by Crippen LogP contribution is 2.35. The van der Waals surface area contributed by atoms with Gasteiger partial charge in [0.05, 0.1) is 37.1 Å². The van der Waals surface area contributed by atoms with Crippen molar-refractivity contribution in [3.05, 3.63) is 48.0 Å². The number of rotatable bonds is 9. The van der Waals surface area contributed by atoms with E-state index in [1.54, 1.807) is 31.2 Å². The van der Waals surface area contributed by atoms with E-state index in [-0.39, 0.29) is 16.3 Å².